The van der Waals surface area contributed by atoms with Gasteiger partial charge in [0.15, 0.2) is 0 Å². The number of rotatable bonds is 5. The van der Waals surface area contributed by atoms with Crippen molar-refractivity contribution in [3.05, 3.63) is 93.5 Å². The Morgan fingerprint density at radius 1 is 1.06 bits per heavy atom. The zero-order valence-corrected chi connectivity index (χ0v) is 24.7. The maximum absolute atomic E-state index is 3.51. The molecule has 5 heteroatoms. The lowest BCUT2D eigenvalue weighted by Gasteiger charge is -2.30. The summed E-state index contributed by atoms with van der Waals surface area (Å²) in [6.45, 7) is 10.3. The second-order valence-electron chi connectivity index (χ2n) is 9.87. The number of halogens is 1. The van der Waals surface area contributed by atoms with Crippen LogP contribution in [0.1, 0.15) is 51.1 Å². The Morgan fingerprint density at radius 3 is 2.66 bits per heavy atom. The molecule has 2 aromatic carbocycles. The van der Waals surface area contributed by atoms with Crippen molar-refractivity contribution in [3.63, 3.8) is 0 Å². The maximum atomic E-state index is 3.51. The van der Waals surface area contributed by atoms with Crippen molar-refractivity contribution in [1.29, 1.82) is 0 Å². The highest BCUT2D eigenvalue weighted by Gasteiger charge is 2.27. The number of anilines is 1. The number of para-hydroxylation sites is 2. The molecular formula is C30H33IN2S2. The van der Waals surface area contributed by atoms with E-state index in [-0.39, 0.29) is 29.4 Å². The molecule has 0 atom stereocenters. The van der Waals surface area contributed by atoms with E-state index in [1.807, 2.05) is 11.3 Å². The van der Waals surface area contributed by atoms with Crippen LogP contribution in [0.2, 0.25) is 0 Å². The molecule has 1 aromatic heterocycles. The number of nitrogens with one attached hydrogen (secondary N) is 1. The Morgan fingerprint density at radius 2 is 1.89 bits per heavy atom. The van der Waals surface area contributed by atoms with Crippen LogP contribution < -0.4 is 33.9 Å². The van der Waals surface area contributed by atoms with E-state index in [2.05, 4.69) is 110 Å². The Balaban J connectivity index is 0.00000289. The molecule has 1 aliphatic carbocycles. The van der Waals surface area contributed by atoms with Crippen LogP contribution in [0.4, 0.5) is 5.69 Å². The highest BCUT2D eigenvalue weighted by molar-refractivity contribution is 8.03. The lowest BCUT2D eigenvalue weighted by molar-refractivity contribution is -0.665. The molecule has 2 heterocycles. The summed E-state index contributed by atoms with van der Waals surface area (Å²) in [5, 5.41) is 6.05. The van der Waals surface area contributed by atoms with Crippen molar-refractivity contribution in [3.8, 4) is 0 Å². The van der Waals surface area contributed by atoms with Crippen LogP contribution in [-0.4, -0.2) is 0 Å². The topological polar surface area (TPSA) is 15.9 Å². The number of hydrogen-bond donors (Lipinski definition) is 1. The van der Waals surface area contributed by atoms with E-state index in [4.69, 9.17) is 0 Å². The maximum Gasteiger partial charge on any atom is 0.263 e. The molecule has 35 heavy (non-hydrogen) atoms. The number of thiazole rings is 1. The first-order valence-corrected chi connectivity index (χ1v) is 13.9. The number of nitrogens with zero attached hydrogens (tertiary/aromatic N) is 1. The van der Waals surface area contributed by atoms with Crippen molar-refractivity contribution in [1.82, 2.24) is 0 Å². The highest BCUT2D eigenvalue weighted by atomic mass is 127. The van der Waals surface area contributed by atoms with Crippen LogP contribution in [-0.2, 0) is 13.0 Å². The first kappa shape index (κ1) is 26.2. The third-order valence-electron chi connectivity index (χ3n) is 6.50. The fourth-order valence-electron chi connectivity index (χ4n) is 5.08. The van der Waals surface area contributed by atoms with Gasteiger partial charge in [-0.05, 0) is 67.0 Å². The van der Waals surface area contributed by atoms with Gasteiger partial charge in [0.2, 0.25) is 5.52 Å². The highest BCUT2D eigenvalue weighted by Crippen LogP contribution is 2.41. The van der Waals surface area contributed by atoms with Gasteiger partial charge in [-0.15, -0.1) is 0 Å². The molecule has 0 fully saturated rings. The molecule has 2 nitrogen and oxygen atoms in total. The first-order valence-electron chi connectivity index (χ1n) is 12.2. The number of aromatic nitrogens is 1. The lowest BCUT2D eigenvalue weighted by Crippen LogP contribution is -3.00. The van der Waals surface area contributed by atoms with Gasteiger partial charge in [-0.1, -0.05) is 86.4 Å². The zero-order chi connectivity index (χ0) is 23.7. The number of thioether (sulfide) groups is 1. The van der Waals surface area contributed by atoms with E-state index in [9.17, 15) is 0 Å². The van der Waals surface area contributed by atoms with E-state index < -0.39 is 0 Å². The molecule has 0 amide bonds. The summed E-state index contributed by atoms with van der Waals surface area (Å²) >= 11 is 3.72. The number of benzene rings is 2. The molecule has 0 spiro atoms. The molecule has 0 radical (unpaired) electrons. The third kappa shape index (κ3) is 5.78. The molecule has 0 saturated heterocycles. The van der Waals surface area contributed by atoms with Crippen LogP contribution in [0, 0.1) is 5.41 Å². The van der Waals surface area contributed by atoms with Crippen LogP contribution in [0.15, 0.2) is 87.8 Å². The van der Waals surface area contributed by atoms with Crippen molar-refractivity contribution in [2.24, 2.45) is 5.41 Å². The van der Waals surface area contributed by atoms with E-state index in [0.29, 0.717) is 0 Å². The molecule has 5 rings (SSSR count). The summed E-state index contributed by atoms with van der Waals surface area (Å²) in [5.74, 6) is 0. The second-order valence-corrected chi connectivity index (χ2v) is 12.0. The van der Waals surface area contributed by atoms with Gasteiger partial charge in [-0.2, -0.15) is 4.57 Å². The van der Waals surface area contributed by atoms with Gasteiger partial charge >= 0.3 is 0 Å². The molecule has 0 bridgehead atoms. The van der Waals surface area contributed by atoms with Gasteiger partial charge in [0.05, 0.1) is 10.7 Å². The van der Waals surface area contributed by atoms with Gasteiger partial charge in [-0.3, -0.25) is 0 Å². The van der Waals surface area contributed by atoms with Crippen molar-refractivity contribution in [2.45, 2.75) is 58.4 Å². The molecule has 182 valence electrons. The predicted molar refractivity (Wildman–Crippen MR) is 149 cm³/mol. The summed E-state index contributed by atoms with van der Waals surface area (Å²) in [6, 6.07) is 15.2. The average molecular weight is 613 g/mol. The van der Waals surface area contributed by atoms with Gasteiger partial charge in [0, 0.05) is 16.5 Å². The average Bonchev–Trinajstić information content (AvgIpc) is 3.38. The molecule has 2 aliphatic rings. The fraction of sp³-hybridized carbons (Fsp3) is 0.300. The standard InChI is InChI=1S/C30H32N2S2.HI/c1-5-23-12-10-15-26-29(23)32(6-2)28(34-26)18-22-17-21(19-30(3,4)20-22)11-9-16-27-31-24-13-7-8-14-25(24)33-27;/h7-18H,5-6,19-20H2,1-4H3;1H. The summed E-state index contributed by atoms with van der Waals surface area (Å²) in [4.78, 5) is 1.30. The minimum atomic E-state index is 0. The molecule has 3 aromatic rings. The minimum absolute atomic E-state index is 0. The second kappa shape index (κ2) is 11.1. The fourth-order valence-corrected chi connectivity index (χ4v) is 7.25. The Bertz CT molecular complexity index is 1330. The number of allylic oxidation sites excluding steroid dienone is 6. The van der Waals surface area contributed by atoms with Crippen molar-refractivity contribution >= 4 is 45.1 Å². The van der Waals surface area contributed by atoms with Crippen LogP contribution in [0.5, 0.6) is 0 Å². The van der Waals surface area contributed by atoms with Crippen LogP contribution in [0.25, 0.3) is 16.3 Å². The van der Waals surface area contributed by atoms with Gasteiger partial charge in [0.25, 0.3) is 5.01 Å². The summed E-state index contributed by atoms with van der Waals surface area (Å²) in [7, 11) is 0. The molecule has 0 saturated carbocycles. The van der Waals surface area contributed by atoms with Gasteiger partial charge in [0.1, 0.15) is 11.2 Å². The summed E-state index contributed by atoms with van der Waals surface area (Å²) < 4.78 is 3.89. The summed E-state index contributed by atoms with van der Waals surface area (Å²) in [6.07, 6.45) is 14.8. The summed E-state index contributed by atoms with van der Waals surface area (Å²) in [5.41, 5.74) is 7.14. The smallest absolute Gasteiger partial charge is 0.263 e. The van der Waals surface area contributed by atoms with Crippen LogP contribution >= 0.6 is 23.1 Å². The largest absolute Gasteiger partial charge is 1.00 e. The van der Waals surface area contributed by atoms with Gasteiger partial charge in [-0.25, -0.2) is 0 Å². The first-order chi connectivity index (χ1) is 16.5. The Hall–Kier alpha value is -1.83. The van der Waals surface area contributed by atoms with Crippen LogP contribution in [0.3, 0.4) is 0 Å². The molecule has 1 N–H and O–H groups in total. The lowest BCUT2D eigenvalue weighted by atomic mass is 9.75. The number of fused-ring (bicyclic) bond motifs is 2. The number of hydrogen-bond acceptors (Lipinski definition) is 3. The van der Waals surface area contributed by atoms with E-state index in [1.165, 1.54) is 47.5 Å². The molecule has 0 unspecified atom stereocenters. The zero-order valence-electron chi connectivity index (χ0n) is 20.9. The normalized spacial score (nSPS) is 19.1. The van der Waals surface area contributed by atoms with E-state index in [1.54, 1.807) is 11.8 Å². The Labute approximate surface area is 234 Å². The van der Waals surface area contributed by atoms with Crippen molar-refractivity contribution in [2.75, 3.05) is 5.32 Å². The predicted octanol–water partition coefficient (Wildman–Crippen LogP) is 5.52. The minimum Gasteiger partial charge on any atom is -1.00 e. The van der Waals surface area contributed by atoms with Gasteiger partial charge < -0.3 is 29.3 Å². The SMILES string of the molecule is CCc1cccc2sc(C=C3C=C(C=CC=C4Nc5ccccc5S4)CC(C)(C)C3)[n+](CC)c12.[I-]. The Kier molecular flexibility index (Phi) is 8.29. The molecule has 1 aliphatic heterocycles. The monoisotopic (exact) mass is 612 g/mol. The van der Waals surface area contributed by atoms with E-state index in [0.717, 1.165) is 25.8 Å². The quantitative estimate of drug-likeness (QED) is 0.302. The third-order valence-corrected chi connectivity index (χ3v) is 8.63. The van der Waals surface area contributed by atoms with E-state index >= 15 is 0 Å². The van der Waals surface area contributed by atoms with Crippen molar-refractivity contribution < 1.29 is 28.5 Å². The molecular weight excluding hydrogens is 579 g/mol. The number of aryl methyl sites for hydroxylation is 2.